The van der Waals surface area contributed by atoms with Crippen LogP contribution in [0.15, 0.2) is 30.3 Å². The molecule has 18 heavy (non-hydrogen) atoms. The van der Waals surface area contributed by atoms with E-state index in [1.807, 2.05) is 44.2 Å². The number of fused-ring (bicyclic) bond motifs is 1. The Bertz CT molecular complexity index is 729. The van der Waals surface area contributed by atoms with E-state index in [9.17, 15) is 0 Å². The largest absolute Gasteiger partial charge is 0.382 e. The Balaban J connectivity index is 2.29. The van der Waals surface area contributed by atoms with Gasteiger partial charge in [0.1, 0.15) is 5.82 Å². The van der Waals surface area contributed by atoms with Gasteiger partial charge in [0.15, 0.2) is 5.82 Å². The van der Waals surface area contributed by atoms with Gasteiger partial charge in [0.2, 0.25) is 0 Å². The average Bonchev–Trinajstić information content (AvgIpc) is 2.67. The van der Waals surface area contributed by atoms with Gasteiger partial charge in [0.25, 0.3) is 0 Å². The molecule has 90 valence electrons. The van der Waals surface area contributed by atoms with Gasteiger partial charge in [-0.1, -0.05) is 12.1 Å². The van der Waals surface area contributed by atoms with Gasteiger partial charge in [0.05, 0.1) is 16.7 Å². The maximum Gasteiger partial charge on any atom is 0.175 e. The molecule has 3 rings (SSSR count). The standard InChI is InChI=1S/C13H13N5/c1-8-7-12(14)17-18(8)13-9(2)15-10-5-3-4-6-11(10)16-13/h3-7H,1-2H3,(H2,14,17). The molecule has 0 aliphatic carbocycles. The number of aromatic nitrogens is 4. The van der Waals surface area contributed by atoms with Crippen molar-refractivity contribution in [1.29, 1.82) is 0 Å². The molecular weight excluding hydrogens is 226 g/mol. The minimum Gasteiger partial charge on any atom is -0.382 e. The predicted molar refractivity (Wildman–Crippen MR) is 70.5 cm³/mol. The summed E-state index contributed by atoms with van der Waals surface area (Å²) in [6, 6.07) is 9.60. The van der Waals surface area contributed by atoms with E-state index in [0.717, 1.165) is 28.2 Å². The Hall–Kier alpha value is -2.43. The molecule has 3 aromatic rings. The lowest BCUT2D eigenvalue weighted by Crippen LogP contribution is -2.06. The van der Waals surface area contributed by atoms with Crippen LogP contribution in [-0.2, 0) is 0 Å². The lowest BCUT2D eigenvalue weighted by molar-refractivity contribution is 0.810. The summed E-state index contributed by atoms with van der Waals surface area (Å²) in [7, 11) is 0. The fourth-order valence-electron chi connectivity index (χ4n) is 1.99. The number of nitrogen functional groups attached to an aromatic ring is 1. The van der Waals surface area contributed by atoms with Gasteiger partial charge in [-0.05, 0) is 26.0 Å². The summed E-state index contributed by atoms with van der Waals surface area (Å²) in [6.07, 6.45) is 0. The van der Waals surface area contributed by atoms with Crippen molar-refractivity contribution in [3.05, 3.63) is 41.7 Å². The number of hydrogen-bond donors (Lipinski definition) is 1. The van der Waals surface area contributed by atoms with Crippen LogP contribution in [0, 0.1) is 13.8 Å². The second-order valence-corrected chi connectivity index (χ2v) is 4.24. The fourth-order valence-corrected chi connectivity index (χ4v) is 1.99. The summed E-state index contributed by atoms with van der Waals surface area (Å²) < 4.78 is 1.73. The first-order valence-corrected chi connectivity index (χ1v) is 5.71. The molecule has 2 heterocycles. The molecule has 1 aromatic carbocycles. The van der Waals surface area contributed by atoms with Crippen LogP contribution in [0.2, 0.25) is 0 Å². The number of anilines is 1. The van der Waals surface area contributed by atoms with Crippen molar-refractivity contribution in [3.63, 3.8) is 0 Å². The number of aryl methyl sites for hydroxylation is 2. The molecule has 0 atom stereocenters. The van der Waals surface area contributed by atoms with Crippen molar-refractivity contribution in [2.45, 2.75) is 13.8 Å². The molecule has 5 nitrogen and oxygen atoms in total. The zero-order valence-electron chi connectivity index (χ0n) is 10.3. The molecule has 2 aromatic heterocycles. The van der Waals surface area contributed by atoms with Gasteiger partial charge in [-0.3, -0.25) is 0 Å². The Labute approximate surface area is 104 Å². The fraction of sp³-hybridized carbons (Fsp3) is 0.154. The third-order valence-corrected chi connectivity index (χ3v) is 2.83. The molecule has 0 bridgehead atoms. The van der Waals surface area contributed by atoms with Gasteiger partial charge in [-0.25, -0.2) is 14.6 Å². The van der Waals surface area contributed by atoms with Gasteiger partial charge in [-0.15, -0.1) is 5.10 Å². The second-order valence-electron chi connectivity index (χ2n) is 4.24. The van der Waals surface area contributed by atoms with Crippen molar-refractivity contribution in [2.24, 2.45) is 0 Å². The van der Waals surface area contributed by atoms with E-state index in [-0.39, 0.29) is 0 Å². The Morgan fingerprint density at radius 2 is 1.72 bits per heavy atom. The van der Waals surface area contributed by atoms with Crippen LogP contribution in [0.5, 0.6) is 0 Å². The number of benzene rings is 1. The topological polar surface area (TPSA) is 69.6 Å². The zero-order valence-corrected chi connectivity index (χ0v) is 10.3. The summed E-state index contributed by atoms with van der Waals surface area (Å²) in [4.78, 5) is 9.14. The maximum atomic E-state index is 5.70. The van der Waals surface area contributed by atoms with Crippen LogP contribution in [0.3, 0.4) is 0 Å². The SMILES string of the molecule is Cc1nc2ccccc2nc1-n1nc(N)cc1C. The second kappa shape index (κ2) is 3.80. The first kappa shape index (κ1) is 10.7. The smallest absolute Gasteiger partial charge is 0.175 e. The van der Waals surface area contributed by atoms with Crippen LogP contribution < -0.4 is 5.73 Å². The van der Waals surface area contributed by atoms with Gasteiger partial charge in [-0.2, -0.15) is 0 Å². The summed E-state index contributed by atoms with van der Waals surface area (Å²) in [6.45, 7) is 3.87. The molecule has 0 radical (unpaired) electrons. The minimum atomic E-state index is 0.488. The van der Waals surface area contributed by atoms with E-state index in [4.69, 9.17) is 5.73 Å². The molecule has 0 spiro atoms. The highest BCUT2D eigenvalue weighted by molar-refractivity contribution is 5.75. The highest BCUT2D eigenvalue weighted by Gasteiger charge is 2.10. The molecule has 0 fully saturated rings. The number of rotatable bonds is 1. The summed E-state index contributed by atoms with van der Waals surface area (Å²) >= 11 is 0. The molecule has 2 N–H and O–H groups in total. The quantitative estimate of drug-likeness (QED) is 0.705. The summed E-state index contributed by atoms with van der Waals surface area (Å²) in [5, 5.41) is 4.24. The Morgan fingerprint density at radius 1 is 1.06 bits per heavy atom. The first-order chi connectivity index (χ1) is 8.65. The molecule has 0 unspecified atom stereocenters. The van der Waals surface area contributed by atoms with Crippen molar-refractivity contribution in [3.8, 4) is 5.82 Å². The molecule has 0 saturated heterocycles. The van der Waals surface area contributed by atoms with Crippen LogP contribution in [-0.4, -0.2) is 19.7 Å². The predicted octanol–water partition coefficient (Wildman–Crippen LogP) is 2.01. The van der Waals surface area contributed by atoms with Gasteiger partial charge >= 0.3 is 0 Å². The van der Waals surface area contributed by atoms with E-state index in [1.165, 1.54) is 0 Å². The highest BCUT2D eigenvalue weighted by Crippen LogP contribution is 2.17. The van der Waals surface area contributed by atoms with Crippen LogP contribution in [0.1, 0.15) is 11.4 Å². The normalized spacial score (nSPS) is 11.0. The van der Waals surface area contributed by atoms with E-state index in [0.29, 0.717) is 5.82 Å². The molecular formula is C13H13N5. The molecule has 0 aliphatic rings. The van der Waals surface area contributed by atoms with Crippen molar-refractivity contribution >= 4 is 16.9 Å². The van der Waals surface area contributed by atoms with E-state index < -0.39 is 0 Å². The number of hydrogen-bond acceptors (Lipinski definition) is 4. The van der Waals surface area contributed by atoms with E-state index in [2.05, 4.69) is 15.1 Å². The highest BCUT2D eigenvalue weighted by atomic mass is 15.3. The monoisotopic (exact) mass is 239 g/mol. The van der Waals surface area contributed by atoms with Crippen LogP contribution >= 0.6 is 0 Å². The lowest BCUT2D eigenvalue weighted by atomic mass is 10.3. The molecule has 0 saturated carbocycles. The summed E-state index contributed by atoms with van der Waals surface area (Å²) in [5.41, 5.74) is 9.22. The average molecular weight is 239 g/mol. The van der Waals surface area contributed by atoms with Crippen LogP contribution in [0.25, 0.3) is 16.9 Å². The molecule has 0 aliphatic heterocycles. The lowest BCUT2D eigenvalue weighted by Gasteiger charge is -2.07. The van der Waals surface area contributed by atoms with Crippen molar-refractivity contribution < 1.29 is 0 Å². The molecule has 5 heteroatoms. The van der Waals surface area contributed by atoms with E-state index in [1.54, 1.807) is 4.68 Å². The van der Waals surface area contributed by atoms with Gasteiger partial charge in [0, 0.05) is 11.8 Å². The third-order valence-electron chi connectivity index (χ3n) is 2.83. The number of para-hydroxylation sites is 2. The maximum absolute atomic E-state index is 5.70. The Morgan fingerprint density at radius 3 is 2.33 bits per heavy atom. The Kier molecular flexibility index (Phi) is 2.26. The van der Waals surface area contributed by atoms with E-state index >= 15 is 0 Å². The first-order valence-electron chi connectivity index (χ1n) is 5.71. The third kappa shape index (κ3) is 1.60. The summed E-state index contributed by atoms with van der Waals surface area (Å²) in [5.74, 6) is 1.21. The molecule has 0 amide bonds. The van der Waals surface area contributed by atoms with Crippen molar-refractivity contribution in [1.82, 2.24) is 19.7 Å². The zero-order chi connectivity index (χ0) is 12.7. The minimum absolute atomic E-state index is 0.488. The van der Waals surface area contributed by atoms with Gasteiger partial charge < -0.3 is 5.73 Å². The van der Waals surface area contributed by atoms with Crippen molar-refractivity contribution in [2.75, 3.05) is 5.73 Å². The van der Waals surface area contributed by atoms with Crippen LogP contribution in [0.4, 0.5) is 5.82 Å². The number of nitrogens with two attached hydrogens (primary N) is 1. The number of nitrogens with zero attached hydrogens (tertiary/aromatic N) is 4.